The lowest BCUT2D eigenvalue weighted by Crippen LogP contribution is -2.39. The van der Waals surface area contributed by atoms with E-state index in [1.807, 2.05) is 24.2 Å². The zero-order valence-corrected chi connectivity index (χ0v) is 12.2. The molecule has 1 amide bonds. The standard InChI is InChI=1S/C15H19N3OS/c16-15(19)11-2-6-18(7-3-11)14-1-5-17-9-13(14)12-4-8-20-10-12/h1,4-5,8-9,11-12H,2-3,6-7,10H2,(H2,16,19). The molecule has 0 spiro atoms. The van der Waals surface area contributed by atoms with E-state index >= 15 is 0 Å². The number of amides is 1. The molecule has 3 rings (SSSR count). The number of primary amides is 1. The Labute approximate surface area is 123 Å². The van der Waals surface area contributed by atoms with Gasteiger partial charge in [0.1, 0.15) is 0 Å². The molecule has 2 aliphatic rings. The molecular formula is C15H19N3OS. The van der Waals surface area contributed by atoms with Gasteiger partial charge in [0, 0.05) is 54.3 Å². The molecule has 0 saturated carbocycles. The second-order valence-electron chi connectivity index (χ2n) is 5.37. The topological polar surface area (TPSA) is 59.2 Å². The molecule has 0 radical (unpaired) electrons. The Morgan fingerprint density at radius 1 is 1.40 bits per heavy atom. The Bertz CT molecular complexity index is 524. The monoisotopic (exact) mass is 289 g/mol. The fraction of sp³-hybridized carbons (Fsp3) is 0.467. The number of pyridine rings is 1. The van der Waals surface area contributed by atoms with Crippen LogP contribution in [0.2, 0.25) is 0 Å². The van der Waals surface area contributed by atoms with Gasteiger partial charge in [0.2, 0.25) is 5.91 Å². The number of hydrogen-bond acceptors (Lipinski definition) is 4. The molecule has 1 fully saturated rings. The van der Waals surface area contributed by atoms with Crippen molar-refractivity contribution in [2.75, 3.05) is 23.7 Å². The normalized spacial score (nSPS) is 23.2. The maximum Gasteiger partial charge on any atom is 0.220 e. The van der Waals surface area contributed by atoms with Gasteiger partial charge in [-0.2, -0.15) is 0 Å². The van der Waals surface area contributed by atoms with Crippen LogP contribution in [0.3, 0.4) is 0 Å². The number of nitrogens with two attached hydrogens (primary N) is 1. The molecule has 2 aliphatic heterocycles. The summed E-state index contributed by atoms with van der Waals surface area (Å²) in [4.78, 5) is 17.9. The van der Waals surface area contributed by atoms with E-state index in [0.717, 1.165) is 31.7 Å². The van der Waals surface area contributed by atoms with Gasteiger partial charge >= 0.3 is 0 Å². The van der Waals surface area contributed by atoms with Crippen LogP contribution in [0.5, 0.6) is 0 Å². The van der Waals surface area contributed by atoms with Crippen LogP contribution in [-0.2, 0) is 4.79 Å². The van der Waals surface area contributed by atoms with Gasteiger partial charge < -0.3 is 10.6 Å². The third kappa shape index (κ3) is 2.68. The van der Waals surface area contributed by atoms with Gasteiger partial charge in [0.15, 0.2) is 0 Å². The van der Waals surface area contributed by atoms with E-state index < -0.39 is 0 Å². The number of carbonyl (C=O) groups excluding carboxylic acids is 1. The van der Waals surface area contributed by atoms with E-state index in [2.05, 4.69) is 27.4 Å². The van der Waals surface area contributed by atoms with E-state index in [9.17, 15) is 4.79 Å². The molecular weight excluding hydrogens is 270 g/mol. The molecule has 0 aliphatic carbocycles. The lowest BCUT2D eigenvalue weighted by Gasteiger charge is -2.34. The van der Waals surface area contributed by atoms with Crippen LogP contribution in [0.15, 0.2) is 29.9 Å². The molecule has 1 unspecified atom stereocenters. The van der Waals surface area contributed by atoms with Crippen molar-refractivity contribution in [3.8, 4) is 0 Å². The van der Waals surface area contributed by atoms with Gasteiger partial charge in [-0.25, -0.2) is 0 Å². The first kappa shape index (κ1) is 13.5. The Balaban J connectivity index is 1.77. The molecule has 1 atom stereocenters. The van der Waals surface area contributed by atoms with Gasteiger partial charge in [-0.05, 0) is 24.3 Å². The third-order valence-corrected chi connectivity index (χ3v) is 5.05. The summed E-state index contributed by atoms with van der Waals surface area (Å²) >= 11 is 1.85. The summed E-state index contributed by atoms with van der Waals surface area (Å²) in [5.74, 6) is 1.43. The van der Waals surface area contributed by atoms with Crippen molar-refractivity contribution >= 4 is 23.4 Å². The van der Waals surface area contributed by atoms with Gasteiger partial charge in [0.25, 0.3) is 0 Å². The van der Waals surface area contributed by atoms with Gasteiger partial charge in [-0.3, -0.25) is 9.78 Å². The first-order valence-electron chi connectivity index (χ1n) is 7.02. The molecule has 20 heavy (non-hydrogen) atoms. The molecule has 2 N–H and O–H groups in total. The van der Waals surface area contributed by atoms with E-state index in [1.165, 1.54) is 11.3 Å². The molecule has 0 bridgehead atoms. The number of nitrogens with zero attached hydrogens (tertiary/aromatic N) is 2. The molecule has 1 saturated heterocycles. The highest BCUT2D eigenvalue weighted by molar-refractivity contribution is 8.02. The number of hydrogen-bond donors (Lipinski definition) is 1. The summed E-state index contributed by atoms with van der Waals surface area (Å²) in [5.41, 5.74) is 7.96. The van der Waals surface area contributed by atoms with Crippen LogP contribution in [0, 0.1) is 5.92 Å². The van der Waals surface area contributed by atoms with Crippen molar-refractivity contribution in [3.05, 3.63) is 35.5 Å². The molecule has 106 valence electrons. The largest absolute Gasteiger partial charge is 0.371 e. The minimum Gasteiger partial charge on any atom is -0.371 e. The number of aromatic nitrogens is 1. The van der Waals surface area contributed by atoms with Gasteiger partial charge in [0.05, 0.1) is 0 Å². The van der Waals surface area contributed by atoms with Crippen molar-refractivity contribution in [1.29, 1.82) is 0 Å². The summed E-state index contributed by atoms with van der Waals surface area (Å²) in [7, 11) is 0. The first-order valence-corrected chi connectivity index (χ1v) is 8.07. The highest BCUT2D eigenvalue weighted by Crippen LogP contribution is 2.36. The summed E-state index contributed by atoms with van der Waals surface area (Å²) in [6.45, 7) is 1.79. The Hall–Kier alpha value is -1.49. The Kier molecular flexibility index (Phi) is 3.96. The van der Waals surface area contributed by atoms with Crippen molar-refractivity contribution in [3.63, 3.8) is 0 Å². The predicted octanol–water partition coefficient (Wildman–Crippen LogP) is 2.13. The molecule has 1 aromatic rings. The van der Waals surface area contributed by atoms with Crippen molar-refractivity contribution < 1.29 is 4.79 Å². The molecule has 3 heterocycles. The second-order valence-corrected chi connectivity index (χ2v) is 6.31. The van der Waals surface area contributed by atoms with Crippen LogP contribution >= 0.6 is 11.8 Å². The highest BCUT2D eigenvalue weighted by atomic mass is 32.2. The van der Waals surface area contributed by atoms with E-state index in [1.54, 1.807) is 0 Å². The van der Waals surface area contributed by atoms with Crippen LogP contribution in [0.4, 0.5) is 5.69 Å². The number of allylic oxidation sites excluding steroid dienone is 1. The quantitative estimate of drug-likeness (QED) is 0.926. The smallest absolute Gasteiger partial charge is 0.220 e. The first-order chi connectivity index (χ1) is 9.75. The predicted molar refractivity (Wildman–Crippen MR) is 82.7 cm³/mol. The lowest BCUT2D eigenvalue weighted by atomic mass is 9.94. The average Bonchev–Trinajstić information content (AvgIpc) is 3.01. The summed E-state index contributed by atoms with van der Waals surface area (Å²) in [6, 6.07) is 2.09. The number of rotatable bonds is 3. The number of anilines is 1. The fourth-order valence-corrected chi connectivity index (χ4v) is 3.85. The second kappa shape index (κ2) is 5.87. The van der Waals surface area contributed by atoms with Crippen molar-refractivity contribution in [2.24, 2.45) is 11.7 Å². The zero-order valence-electron chi connectivity index (χ0n) is 11.4. The number of thioether (sulfide) groups is 1. The average molecular weight is 289 g/mol. The summed E-state index contributed by atoms with van der Waals surface area (Å²) in [6.07, 6.45) is 7.79. The SMILES string of the molecule is NC(=O)C1CCN(c2ccncc2C2C=CSC2)CC1. The maximum atomic E-state index is 11.3. The minimum atomic E-state index is -0.158. The number of carbonyl (C=O) groups is 1. The lowest BCUT2D eigenvalue weighted by molar-refractivity contribution is -0.122. The van der Waals surface area contributed by atoms with Crippen molar-refractivity contribution in [1.82, 2.24) is 4.98 Å². The Morgan fingerprint density at radius 3 is 2.85 bits per heavy atom. The van der Waals surface area contributed by atoms with Crippen molar-refractivity contribution in [2.45, 2.75) is 18.8 Å². The summed E-state index contributed by atoms with van der Waals surface area (Å²) in [5, 5.41) is 2.17. The minimum absolute atomic E-state index is 0.0402. The van der Waals surface area contributed by atoms with Gasteiger partial charge in [-0.15, -0.1) is 11.8 Å². The molecule has 4 nitrogen and oxygen atoms in total. The molecule has 1 aromatic heterocycles. The molecule has 5 heteroatoms. The van der Waals surface area contributed by atoms with E-state index in [4.69, 9.17) is 5.73 Å². The van der Waals surface area contributed by atoms with E-state index in [-0.39, 0.29) is 11.8 Å². The molecule has 0 aromatic carbocycles. The van der Waals surface area contributed by atoms with Crippen LogP contribution < -0.4 is 10.6 Å². The Morgan fingerprint density at radius 2 is 2.20 bits per heavy atom. The maximum absolute atomic E-state index is 11.3. The highest BCUT2D eigenvalue weighted by Gasteiger charge is 2.26. The van der Waals surface area contributed by atoms with Crippen LogP contribution in [0.25, 0.3) is 0 Å². The third-order valence-electron chi connectivity index (χ3n) is 4.15. The number of piperidine rings is 1. The summed E-state index contributed by atoms with van der Waals surface area (Å²) < 4.78 is 0. The zero-order chi connectivity index (χ0) is 13.9. The fourth-order valence-electron chi connectivity index (χ4n) is 2.94. The van der Waals surface area contributed by atoms with Crippen LogP contribution in [0.1, 0.15) is 24.3 Å². The van der Waals surface area contributed by atoms with Gasteiger partial charge in [-0.1, -0.05) is 6.08 Å². The van der Waals surface area contributed by atoms with E-state index in [0.29, 0.717) is 5.92 Å². The van der Waals surface area contributed by atoms with Crippen LogP contribution in [-0.4, -0.2) is 29.7 Å².